The second-order valence-corrected chi connectivity index (χ2v) is 8.27. The summed E-state index contributed by atoms with van der Waals surface area (Å²) < 4.78 is 10.2. The van der Waals surface area contributed by atoms with Gasteiger partial charge >= 0.3 is 11.9 Å². The highest BCUT2D eigenvalue weighted by Crippen LogP contribution is 2.11. The summed E-state index contributed by atoms with van der Waals surface area (Å²) >= 11 is 0. The number of carbonyl (C=O) groups excluding carboxylic acids is 4. The van der Waals surface area contributed by atoms with Crippen molar-refractivity contribution < 1.29 is 28.7 Å². The number of benzene rings is 2. The second-order valence-electron chi connectivity index (χ2n) is 8.27. The third-order valence-electron chi connectivity index (χ3n) is 4.31. The molecule has 1 atom stereocenters. The van der Waals surface area contributed by atoms with E-state index in [1.54, 1.807) is 88.4 Å². The molecule has 0 aliphatic heterocycles. The van der Waals surface area contributed by atoms with E-state index in [2.05, 4.69) is 5.32 Å². The fourth-order valence-corrected chi connectivity index (χ4v) is 2.87. The maximum absolute atomic E-state index is 12.7. The van der Waals surface area contributed by atoms with Gasteiger partial charge in [-0.3, -0.25) is 9.59 Å². The van der Waals surface area contributed by atoms with Gasteiger partial charge in [0, 0.05) is 11.6 Å². The zero-order valence-electron chi connectivity index (χ0n) is 19.3. The lowest BCUT2D eigenvalue weighted by atomic mass is 10.0. The average molecular weight is 452 g/mol. The largest absolute Gasteiger partial charge is 0.464 e. The highest BCUT2D eigenvalue weighted by Gasteiger charge is 2.30. The smallest absolute Gasteiger partial charge is 0.336 e. The Kier molecular flexibility index (Phi) is 9.09. The van der Waals surface area contributed by atoms with Gasteiger partial charge < -0.3 is 14.8 Å². The van der Waals surface area contributed by atoms with Crippen molar-refractivity contribution in [3.63, 3.8) is 0 Å². The summed E-state index contributed by atoms with van der Waals surface area (Å²) in [7, 11) is 0. The fraction of sp³-hybridized carbons (Fsp3) is 0.308. The van der Waals surface area contributed by atoms with Crippen LogP contribution in [-0.2, 0) is 30.3 Å². The lowest BCUT2D eigenvalue weighted by Gasteiger charge is -2.17. The first-order chi connectivity index (χ1) is 15.6. The average Bonchev–Trinajstić information content (AvgIpc) is 2.76. The molecule has 0 bridgehead atoms. The topological polar surface area (TPSA) is 98.8 Å². The van der Waals surface area contributed by atoms with Gasteiger partial charge in [-0.15, -0.1) is 0 Å². The number of amides is 1. The molecule has 0 saturated heterocycles. The molecule has 2 aromatic carbocycles. The molecule has 7 heteroatoms. The number of carbonyl (C=O) groups is 4. The Balaban J connectivity index is 2.02. The number of ketones is 1. The van der Waals surface area contributed by atoms with Crippen molar-refractivity contribution in [3.8, 4) is 0 Å². The van der Waals surface area contributed by atoms with Gasteiger partial charge in [-0.25, -0.2) is 9.59 Å². The maximum Gasteiger partial charge on any atom is 0.336 e. The Morgan fingerprint density at radius 1 is 0.970 bits per heavy atom. The van der Waals surface area contributed by atoms with Crippen LogP contribution in [-0.4, -0.2) is 41.9 Å². The zero-order chi connectivity index (χ0) is 24.4. The van der Waals surface area contributed by atoms with Crippen LogP contribution < -0.4 is 5.32 Å². The summed E-state index contributed by atoms with van der Waals surface area (Å²) in [5.74, 6) is -2.28. The van der Waals surface area contributed by atoms with Gasteiger partial charge in [0.05, 0.1) is 13.0 Å². The maximum atomic E-state index is 12.7. The molecule has 1 N–H and O–H groups in total. The summed E-state index contributed by atoms with van der Waals surface area (Å²) in [5.41, 5.74) is 1.17. The van der Waals surface area contributed by atoms with E-state index in [0.29, 0.717) is 11.1 Å². The van der Waals surface area contributed by atoms with Crippen LogP contribution in [0.2, 0.25) is 0 Å². The monoisotopic (exact) mass is 451 g/mol. The summed E-state index contributed by atoms with van der Waals surface area (Å²) in [6.07, 6.45) is 2.92. The molecule has 2 aromatic rings. The number of ether oxygens (including phenoxy) is 2. The van der Waals surface area contributed by atoms with Gasteiger partial charge in [-0.05, 0) is 44.9 Å². The van der Waals surface area contributed by atoms with Gasteiger partial charge in [-0.2, -0.15) is 0 Å². The van der Waals surface area contributed by atoms with Crippen LogP contribution in [0.4, 0.5) is 0 Å². The Labute approximate surface area is 193 Å². The Morgan fingerprint density at radius 3 is 2.18 bits per heavy atom. The Bertz CT molecular complexity index is 1000. The molecule has 0 saturated carbocycles. The number of hydrogen-bond acceptors (Lipinski definition) is 6. The Hall–Kier alpha value is -3.74. The van der Waals surface area contributed by atoms with Gasteiger partial charge in [0.2, 0.25) is 5.91 Å². The van der Waals surface area contributed by atoms with Gasteiger partial charge in [0.25, 0.3) is 0 Å². The summed E-state index contributed by atoms with van der Waals surface area (Å²) in [6, 6.07) is 13.8. The lowest BCUT2D eigenvalue weighted by molar-refractivity contribution is -0.148. The first-order valence-corrected chi connectivity index (χ1v) is 10.6. The van der Waals surface area contributed by atoms with E-state index in [-0.39, 0.29) is 13.0 Å². The van der Waals surface area contributed by atoms with E-state index in [1.807, 2.05) is 0 Å². The van der Waals surface area contributed by atoms with E-state index in [1.165, 1.54) is 6.08 Å². The van der Waals surface area contributed by atoms with Crippen molar-refractivity contribution in [2.45, 2.75) is 45.8 Å². The lowest BCUT2D eigenvalue weighted by Crippen LogP contribution is -2.48. The van der Waals surface area contributed by atoms with Crippen molar-refractivity contribution in [3.05, 3.63) is 77.4 Å². The van der Waals surface area contributed by atoms with Crippen LogP contribution in [0, 0.1) is 0 Å². The second kappa shape index (κ2) is 11.8. The molecule has 2 rings (SSSR count). The predicted octanol–water partition coefficient (Wildman–Crippen LogP) is 3.51. The number of Topliss-reactive ketones (excluding diaryl/α,β-unsaturated/α-hetero) is 1. The Morgan fingerprint density at radius 2 is 1.61 bits per heavy atom. The molecule has 0 heterocycles. The highest BCUT2D eigenvalue weighted by molar-refractivity contribution is 6.13. The molecule has 1 unspecified atom stereocenters. The molecule has 0 spiro atoms. The van der Waals surface area contributed by atoms with E-state index in [0.717, 1.165) is 5.56 Å². The van der Waals surface area contributed by atoms with Crippen LogP contribution >= 0.6 is 0 Å². The van der Waals surface area contributed by atoms with E-state index < -0.39 is 35.3 Å². The molecule has 0 aliphatic rings. The van der Waals surface area contributed by atoms with E-state index in [9.17, 15) is 19.2 Å². The van der Waals surface area contributed by atoms with Crippen LogP contribution in [0.1, 0.15) is 49.2 Å². The van der Waals surface area contributed by atoms with Crippen molar-refractivity contribution in [1.29, 1.82) is 0 Å². The fourth-order valence-electron chi connectivity index (χ4n) is 2.87. The molecule has 0 fully saturated rings. The SMILES string of the molecule is CCOC(=O)C(NC(=O)Cc1ccc(/C=C/C(=O)OC(C)(C)C)cc1)C(=O)c1ccccc1. The third kappa shape index (κ3) is 8.73. The molecular weight excluding hydrogens is 422 g/mol. The van der Waals surface area contributed by atoms with Crippen molar-refractivity contribution >= 4 is 29.7 Å². The third-order valence-corrected chi connectivity index (χ3v) is 4.31. The molecule has 0 radical (unpaired) electrons. The minimum absolute atomic E-state index is 0.0337. The van der Waals surface area contributed by atoms with Gasteiger partial charge in [0.1, 0.15) is 5.60 Å². The minimum atomic E-state index is -1.42. The van der Waals surface area contributed by atoms with Crippen molar-refractivity contribution in [2.75, 3.05) is 6.61 Å². The highest BCUT2D eigenvalue weighted by atomic mass is 16.6. The molecular formula is C26H29NO6. The minimum Gasteiger partial charge on any atom is -0.464 e. The molecule has 7 nitrogen and oxygen atoms in total. The van der Waals surface area contributed by atoms with Crippen LogP contribution in [0.5, 0.6) is 0 Å². The summed E-state index contributed by atoms with van der Waals surface area (Å²) in [4.78, 5) is 49.4. The summed E-state index contributed by atoms with van der Waals surface area (Å²) in [5, 5.41) is 2.49. The van der Waals surface area contributed by atoms with Crippen LogP contribution in [0.25, 0.3) is 6.08 Å². The molecule has 1 amide bonds. The normalized spacial score (nSPS) is 12.1. The molecule has 0 aliphatic carbocycles. The quantitative estimate of drug-likeness (QED) is 0.271. The first-order valence-electron chi connectivity index (χ1n) is 10.6. The van der Waals surface area contributed by atoms with E-state index >= 15 is 0 Å². The summed E-state index contributed by atoms with van der Waals surface area (Å²) in [6.45, 7) is 7.09. The first kappa shape index (κ1) is 25.5. The molecule has 174 valence electrons. The van der Waals surface area contributed by atoms with Gasteiger partial charge in [0.15, 0.2) is 11.8 Å². The predicted molar refractivity (Wildman–Crippen MR) is 124 cm³/mol. The number of hydrogen-bond donors (Lipinski definition) is 1. The number of esters is 2. The molecule has 33 heavy (non-hydrogen) atoms. The van der Waals surface area contributed by atoms with Crippen LogP contribution in [0.3, 0.4) is 0 Å². The number of rotatable bonds is 9. The van der Waals surface area contributed by atoms with Crippen molar-refractivity contribution in [1.82, 2.24) is 5.32 Å². The van der Waals surface area contributed by atoms with Crippen LogP contribution in [0.15, 0.2) is 60.7 Å². The standard InChI is InChI=1S/C26H29NO6/c1-5-32-25(31)23(24(30)20-9-7-6-8-10-20)27-21(28)17-19-13-11-18(12-14-19)15-16-22(29)33-26(2,3)4/h6-16,23H,5,17H2,1-4H3,(H,27,28)/b16-15+. The number of nitrogens with one attached hydrogen (secondary N) is 1. The molecule has 0 aromatic heterocycles. The van der Waals surface area contributed by atoms with Crippen molar-refractivity contribution in [2.24, 2.45) is 0 Å². The van der Waals surface area contributed by atoms with E-state index in [4.69, 9.17) is 9.47 Å². The zero-order valence-corrected chi connectivity index (χ0v) is 19.3. The van der Waals surface area contributed by atoms with Gasteiger partial charge in [-0.1, -0.05) is 54.6 Å².